The van der Waals surface area contributed by atoms with Crippen molar-refractivity contribution < 1.29 is 9.90 Å². The van der Waals surface area contributed by atoms with Gasteiger partial charge in [0.2, 0.25) is 5.91 Å². The van der Waals surface area contributed by atoms with Crippen molar-refractivity contribution in [2.45, 2.75) is 12.8 Å². The number of carbonyl (C=O) groups is 1. The topological polar surface area (TPSA) is 49.3 Å². The van der Waals surface area contributed by atoms with Crippen LogP contribution in [-0.2, 0) is 4.79 Å². The Balaban J connectivity index is 2.43. The van der Waals surface area contributed by atoms with Gasteiger partial charge in [-0.1, -0.05) is 37.3 Å². The molecule has 76 valence electrons. The summed E-state index contributed by atoms with van der Waals surface area (Å²) in [5.74, 6) is -0.0560. The van der Waals surface area contributed by atoms with Crippen LogP contribution < -0.4 is 5.32 Å². The summed E-state index contributed by atoms with van der Waals surface area (Å²) < 4.78 is 0. The zero-order valence-corrected chi connectivity index (χ0v) is 8.23. The zero-order chi connectivity index (χ0) is 10.4. The number of aliphatic hydroxyl groups excluding tert-OH is 1. The number of carbonyl (C=O) groups excluding carboxylic acids is 1. The fraction of sp³-hybridized carbons (Fsp3) is 0.364. The molecule has 0 aliphatic heterocycles. The minimum Gasteiger partial charge on any atom is -0.387 e. The molecule has 14 heavy (non-hydrogen) atoms. The van der Waals surface area contributed by atoms with Gasteiger partial charge in [-0.2, -0.15) is 0 Å². The molecule has 3 nitrogen and oxygen atoms in total. The van der Waals surface area contributed by atoms with E-state index in [-0.39, 0.29) is 11.8 Å². The summed E-state index contributed by atoms with van der Waals surface area (Å²) in [5.41, 5.74) is 1.19. The Morgan fingerprint density at radius 2 is 2.07 bits per heavy atom. The summed E-state index contributed by atoms with van der Waals surface area (Å²) in [6.07, 6.45) is 0. The van der Waals surface area contributed by atoms with Gasteiger partial charge in [0.1, 0.15) is 6.61 Å². The molecule has 1 unspecified atom stereocenters. The summed E-state index contributed by atoms with van der Waals surface area (Å²) in [4.78, 5) is 10.8. The summed E-state index contributed by atoms with van der Waals surface area (Å²) in [5, 5.41) is 11.1. The Morgan fingerprint density at radius 1 is 1.43 bits per heavy atom. The fourth-order valence-corrected chi connectivity index (χ4v) is 1.22. The highest BCUT2D eigenvalue weighted by atomic mass is 16.3. The minimum absolute atomic E-state index is 0.270. The number of hydrogen-bond acceptors (Lipinski definition) is 2. The van der Waals surface area contributed by atoms with E-state index in [4.69, 9.17) is 5.11 Å². The summed E-state index contributed by atoms with van der Waals surface area (Å²) in [6.45, 7) is 2.15. The molecule has 1 aromatic carbocycles. The standard InChI is InChI=1S/C11H15NO2/c1-9(7-12-11(14)8-13)10-5-3-2-4-6-10/h2-6,9,13H,7-8H2,1H3,(H,12,14). The van der Waals surface area contributed by atoms with Crippen LogP contribution in [0.4, 0.5) is 0 Å². The molecule has 0 aliphatic carbocycles. The van der Waals surface area contributed by atoms with E-state index < -0.39 is 6.61 Å². The molecule has 1 aromatic rings. The summed E-state index contributed by atoms with van der Waals surface area (Å²) in [6, 6.07) is 9.95. The van der Waals surface area contributed by atoms with Crippen molar-refractivity contribution in [3.05, 3.63) is 35.9 Å². The van der Waals surface area contributed by atoms with Crippen molar-refractivity contribution in [1.29, 1.82) is 0 Å². The Labute approximate surface area is 83.8 Å². The molecule has 0 saturated carbocycles. The third-order valence-corrected chi connectivity index (χ3v) is 2.12. The fourth-order valence-electron chi connectivity index (χ4n) is 1.22. The molecule has 1 rings (SSSR count). The van der Waals surface area contributed by atoms with Gasteiger partial charge in [0.05, 0.1) is 0 Å². The van der Waals surface area contributed by atoms with Crippen molar-refractivity contribution in [2.75, 3.05) is 13.2 Å². The Bertz CT molecular complexity index is 285. The number of benzene rings is 1. The lowest BCUT2D eigenvalue weighted by molar-refractivity contribution is -0.123. The average molecular weight is 193 g/mol. The number of hydrogen-bond donors (Lipinski definition) is 2. The maximum atomic E-state index is 10.8. The first-order valence-corrected chi connectivity index (χ1v) is 4.66. The van der Waals surface area contributed by atoms with Crippen molar-refractivity contribution in [3.63, 3.8) is 0 Å². The number of rotatable bonds is 4. The molecule has 1 atom stereocenters. The highest BCUT2D eigenvalue weighted by Gasteiger charge is 2.05. The second kappa shape index (κ2) is 5.40. The van der Waals surface area contributed by atoms with Crippen LogP contribution in [-0.4, -0.2) is 24.2 Å². The third-order valence-electron chi connectivity index (χ3n) is 2.12. The summed E-state index contributed by atoms with van der Waals surface area (Å²) >= 11 is 0. The van der Waals surface area contributed by atoms with E-state index >= 15 is 0 Å². The lowest BCUT2D eigenvalue weighted by Gasteiger charge is -2.12. The van der Waals surface area contributed by atoms with Gasteiger partial charge in [0.15, 0.2) is 0 Å². The van der Waals surface area contributed by atoms with Crippen LogP contribution in [0.2, 0.25) is 0 Å². The summed E-state index contributed by atoms with van der Waals surface area (Å²) in [7, 11) is 0. The molecule has 2 N–H and O–H groups in total. The van der Waals surface area contributed by atoms with Gasteiger partial charge in [0, 0.05) is 6.54 Å². The van der Waals surface area contributed by atoms with E-state index in [2.05, 4.69) is 5.32 Å². The molecule has 0 aliphatic rings. The van der Waals surface area contributed by atoms with E-state index in [1.165, 1.54) is 5.56 Å². The van der Waals surface area contributed by atoms with Crippen LogP contribution in [0.25, 0.3) is 0 Å². The highest BCUT2D eigenvalue weighted by molar-refractivity contribution is 5.76. The lowest BCUT2D eigenvalue weighted by atomic mass is 10.0. The quantitative estimate of drug-likeness (QED) is 0.746. The van der Waals surface area contributed by atoms with E-state index in [9.17, 15) is 4.79 Å². The van der Waals surface area contributed by atoms with Crippen LogP contribution in [0, 0.1) is 0 Å². The molecule has 1 amide bonds. The number of nitrogens with one attached hydrogen (secondary N) is 1. The second-order valence-corrected chi connectivity index (χ2v) is 3.27. The second-order valence-electron chi connectivity index (χ2n) is 3.27. The van der Waals surface area contributed by atoms with E-state index in [1.54, 1.807) is 0 Å². The predicted molar refractivity (Wildman–Crippen MR) is 55.0 cm³/mol. The predicted octanol–water partition coefficient (Wildman–Crippen LogP) is 0.899. The molecule has 3 heteroatoms. The monoisotopic (exact) mass is 193 g/mol. The maximum absolute atomic E-state index is 10.8. The first kappa shape index (κ1) is 10.7. The number of aliphatic hydroxyl groups is 1. The normalized spacial score (nSPS) is 12.1. The van der Waals surface area contributed by atoms with Gasteiger partial charge in [0.25, 0.3) is 0 Å². The van der Waals surface area contributed by atoms with Crippen molar-refractivity contribution in [2.24, 2.45) is 0 Å². The van der Waals surface area contributed by atoms with E-state index in [0.29, 0.717) is 6.54 Å². The molecule has 0 aromatic heterocycles. The maximum Gasteiger partial charge on any atom is 0.245 e. The van der Waals surface area contributed by atoms with Crippen molar-refractivity contribution in [3.8, 4) is 0 Å². The molecule has 0 heterocycles. The molecule has 0 fully saturated rings. The van der Waals surface area contributed by atoms with Crippen molar-refractivity contribution >= 4 is 5.91 Å². The Hall–Kier alpha value is -1.35. The molecular weight excluding hydrogens is 178 g/mol. The SMILES string of the molecule is CC(CNC(=O)CO)c1ccccc1. The van der Waals surface area contributed by atoms with Crippen molar-refractivity contribution in [1.82, 2.24) is 5.32 Å². The van der Waals surface area contributed by atoms with E-state index in [0.717, 1.165) is 0 Å². The van der Waals surface area contributed by atoms with E-state index in [1.807, 2.05) is 37.3 Å². The number of amides is 1. The first-order valence-electron chi connectivity index (χ1n) is 4.66. The van der Waals surface area contributed by atoms with Gasteiger partial charge in [-0.05, 0) is 11.5 Å². The third kappa shape index (κ3) is 3.18. The van der Waals surface area contributed by atoms with Gasteiger partial charge < -0.3 is 10.4 Å². The average Bonchev–Trinajstić information content (AvgIpc) is 2.26. The van der Waals surface area contributed by atoms with Gasteiger partial charge in [-0.15, -0.1) is 0 Å². The largest absolute Gasteiger partial charge is 0.387 e. The Kier molecular flexibility index (Phi) is 4.13. The minimum atomic E-state index is -0.443. The van der Waals surface area contributed by atoms with Gasteiger partial charge in [-0.25, -0.2) is 0 Å². The van der Waals surface area contributed by atoms with Crippen LogP contribution >= 0.6 is 0 Å². The molecule has 0 spiro atoms. The zero-order valence-electron chi connectivity index (χ0n) is 8.23. The smallest absolute Gasteiger partial charge is 0.245 e. The molecule has 0 saturated heterocycles. The Morgan fingerprint density at radius 3 is 2.64 bits per heavy atom. The molecular formula is C11H15NO2. The highest BCUT2D eigenvalue weighted by Crippen LogP contribution is 2.12. The lowest BCUT2D eigenvalue weighted by Crippen LogP contribution is -2.29. The van der Waals surface area contributed by atoms with Crippen LogP contribution in [0.15, 0.2) is 30.3 Å². The van der Waals surface area contributed by atoms with Gasteiger partial charge >= 0.3 is 0 Å². The first-order chi connectivity index (χ1) is 6.74. The van der Waals surface area contributed by atoms with Gasteiger partial charge in [-0.3, -0.25) is 4.79 Å². The molecule has 0 radical (unpaired) electrons. The van der Waals surface area contributed by atoms with Crippen LogP contribution in [0.1, 0.15) is 18.4 Å². The molecule has 0 bridgehead atoms. The van der Waals surface area contributed by atoms with Crippen LogP contribution in [0.5, 0.6) is 0 Å². The van der Waals surface area contributed by atoms with Crippen LogP contribution in [0.3, 0.4) is 0 Å².